The number of hydrogen-bond donors (Lipinski definition) is 1. The van der Waals surface area contributed by atoms with Crippen LogP contribution in [0.3, 0.4) is 0 Å². The highest BCUT2D eigenvalue weighted by Gasteiger charge is 2.10. The van der Waals surface area contributed by atoms with Crippen molar-refractivity contribution in [3.8, 4) is 0 Å². The Bertz CT molecular complexity index is 514. The van der Waals surface area contributed by atoms with Crippen LogP contribution in [0.15, 0.2) is 11.4 Å². The molecule has 1 atom stereocenters. The Morgan fingerprint density at radius 1 is 1.33 bits per heavy atom. The van der Waals surface area contributed by atoms with E-state index < -0.39 is 0 Å². The first-order chi connectivity index (χ1) is 8.56. The Morgan fingerprint density at radius 2 is 2.11 bits per heavy atom. The molecule has 0 aliphatic carbocycles. The van der Waals surface area contributed by atoms with Crippen LogP contribution in [0.2, 0.25) is 0 Å². The van der Waals surface area contributed by atoms with E-state index in [1.165, 1.54) is 21.0 Å². The second-order valence-electron chi connectivity index (χ2n) is 4.65. The fourth-order valence-corrected chi connectivity index (χ4v) is 3.80. The van der Waals surface area contributed by atoms with Gasteiger partial charge >= 0.3 is 0 Å². The van der Waals surface area contributed by atoms with Crippen molar-refractivity contribution >= 4 is 22.7 Å². The highest BCUT2D eigenvalue weighted by molar-refractivity contribution is 7.12. The fourth-order valence-electron chi connectivity index (χ4n) is 2.13. The second-order valence-corrected chi connectivity index (χ2v) is 7.17. The third-order valence-electron chi connectivity index (χ3n) is 3.04. The van der Waals surface area contributed by atoms with Crippen LogP contribution in [-0.4, -0.2) is 11.5 Å². The molecule has 4 heteroatoms. The van der Waals surface area contributed by atoms with Crippen LogP contribution < -0.4 is 5.32 Å². The largest absolute Gasteiger partial charge is 0.310 e. The van der Waals surface area contributed by atoms with Crippen molar-refractivity contribution in [2.75, 3.05) is 6.54 Å². The SMILES string of the molecule is Cc1cc(C(C)NCCc2csc(C)n2)c(C)s1. The van der Waals surface area contributed by atoms with E-state index in [-0.39, 0.29) is 0 Å². The lowest BCUT2D eigenvalue weighted by Crippen LogP contribution is -2.21. The number of aromatic nitrogens is 1. The minimum absolute atomic E-state index is 0.426. The average Bonchev–Trinajstić information content (AvgIpc) is 2.85. The maximum Gasteiger partial charge on any atom is 0.0897 e. The van der Waals surface area contributed by atoms with Gasteiger partial charge in [0.05, 0.1) is 10.7 Å². The molecular weight excluding hydrogens is 260 g/mol. The van der Waals surface area contributed by atoms with Crippen molar-refractivity contribution in [3.63, 3.8) is 0 Å². The van der Waals surface area contributed by atoms with E-state index in [9.17, 15) is 0 Å². The summed E-state index contributed by atoms with van der Waals surface area (Å²) in [7, 11) is 0. The van der Waals surface area contributed by atoms with Crippen LogP contribution in [0.4, 0.5) is 0 Å². The van der Waals surface area contributed by atoms with Gasteiger partial charge in [0, 0.05) is 34.1 Å². The van der Waals surface area contributed by atoms with Gasteiger partial charge in [-0.2, -0.15) is 0 Å². The molecule has 2 heterocycles. The zero-order chi connectivity index (χ0) is 13.1. The fraction of sp³-hybridized carbons (Fsp3) is 0.500. The second kappa shape index (κ2) is 5.95. The van der Waals surface area contributed by atoms with Gasteiger partial charge in [0.1, 0.15) is 0 Å². The minimum atomic E-state index is 0.426. The molecule has 0 aliphatic heterocycles. The Morgan fingerprint density at radius 3 is 2.67 bits per heavy atom. The van der Waals surface area contributed by atoms with E-state index in [0.29, 0.717) is 6.04 Å². The highest BCUT2D eigenvalue weighted by atomic mass is 32.1. The number of thiophene rings is 1. The smallest absolute Gasteiger partial charge is 0.0897 e. The molecule has 0 aliphatic rings. The molecule has 2 nitrogen and oxygen atoms in total. The van der Waals surface area contributed by atoms with E-state index in [4.69, 9.17) is 0 Å². The molecule has 0 radical (unpaired) electrons. The first kappa shape index (κ1) is 13.7. The van der Waals surface area contributed by atoms with Crippen molar-refractivity contribution in [1.82, 2.24) is 10.3 Å². The first-order valence-electron chi connectivity index (χ1n) is 6.27. The van der Waals surface area contributed by atoms with Gasteiger partial charge in [-0.05, 0) is 39.3 Å². The van der Waals surface area contributed by atoms with E-state index in [1.807, 2.05) is 11.3 Å². The summed E-state index contributed by atoms with van der Waals surface area (Å²) >= 11 is 3.61. The molecule has 0 saturated carbocycles. The predicted octanol–water partition coefficient (Wildman–Crippen LogP) is 4.02. The van der Waals surface area contributed by atoms with E-state index in [2.05, 4.69) is 49.4 Å². The molecule has 0 spiro atoms. The molecule has 2 aromatic rings. The number of thiazole rings is 1. The molecule has 18 heavy (non-hydrogen) atoms. The predicted molar refractivity (Wildman–Crippen MR) is 80.8 cm³/mol. The van der Waals surface area contributed by atoms with Crippen molar-refractivity contribution in [3.05, 3.63) is 37.5 Å². The van der Waals surface area contributed by atoms with Crippen molar-refractivity contribution in [1.29, 1.82) is 0 Å². The lowest BCUT2D eigenvalue weighted by molar-refractivity contribution is 0.573. The van der Waals surface area contributed by atoms with Gasteiger partial charge in [-0.3, -0.25) is 0 Å². The summed E-state index contributed by atoms with van der Waals surface area (Å²) in [6.07, 6.45) is 1.01. The van der Waals surface area contributed by atoms with Crippen molar-refractivity contribution in [2.24, 2.45) is 0 Å². The molecule has 0 bridgehead atoms. The third-order valence-corrected chi connectivity index (χ3v) is 4.85. The Labute approximate surface area is 117 Å². The van der Waals surface area contributed by atoms with Crippen molar-refractivity contribution in [2.45, 2.75) is 40.2 Å². The van der Waals surface area contributed by atoms with Crippen LogP contribution in [0.5, 0.6) is 0 Å². The van der Waals surface area contributed by atoms with E-state index in [1.54, 1.807) is 11.3 Å². The number of aryl methyl sites for hydroxylation is 3. The van der Waals surface area contributed by atoms with Gasteiger partial charge < -0.3 is 5.32 Å². The lowest BCUT2D eigenvalue weighted by atomic mass is 10.1. The summed E-state index contributed by atoms with van der Waals surface area (Å²) in [5.41, 5.74) is 2.64. The normalized spacial score (nSPS) is 12.9. The maximum absolute atomic E-state index is 4.48. The van der Waals surface area contributed by atoms with E-state index >= 15 is 0 Å². The molecule has 0 aromatic carbocycles. The summed E-state index contributed by atoms with van der Waals surface area (Å²) in [4.78, 5) is 7.30. The summed E-state index contributed by atoms with van der Waals surface area (Å²) in [5.74, 6) is 0. The average molecular weight is 280 g/mol. The van der Waals surface area contributed by atoms with Crippen LogP contribution >= 0.6 is 22.7 Å². The topological polar surface area (TPSA) is 24.9 Å². The molecular formula is C14H20N2S2. The monoisotopic (exact) mass is 280 g/mol. The van der Waals surface area contributed by atoms with E-state index in [0.717, 1.165) is 18.0 Å². The van der Waals surface area contributed by atoms with Gasteiger partial charge in [0.2, 0.25) is 0 Å². The summed E-state index contributed by atoms with van der Waals surface area (Å²) in [5, 5.41) is 6.89. The van der Waals surface area contributed by atoms with Crippen LogP contribution in [0.25, 0.3) is 0 Å². The quantitative estimate of drug-likeness (QED) is 0.894. The maximum atomic E-state index is 4.48. The number of nitrogens with one attached hydrogen (secondary N) is 1. The number of nitrogens with zero attached hydrogens (tertiary/aromatic N) is 1. The molecule has 1 N–H and O–H groups in total. The van der Waals surface area contributed by atoms with Gasteiger partial charge in [0.15, 0.2) is 0 Å². The molecule has 98 valence electrons. The summed E-state index contributed by atoms with van der Waals surface area (Å²) in [6.45, 7) is 9.65. The van der Waals surface area contributed by atoms with Gasteiger partial charge in [-0.25, -0.2) is 4.98 Å². The molecule has 2 aromatic heterocycles. The number of rotatable bonds is 5. The zero-order valence-electron chi connectivity index (χ0n) is 11.4. The Kier molecular flexibility index (Phi) is 4.54. The van der Waals surface area contributed by atoms with Crippen LogP contribution in [0.1, 0.15) is 39.0 Å². The molecule has 0 amide bonds. The Balaban J connectivity index is 1.85. The first-order valence-corrected chi connectivity index (χ1v) is 7.97. The summed E-state index contributed by atoms with van der Waals surface area (Å²) < 4.78 is 0. The molecule has 1 unspecified atom stereocenters. The molecule has 2 rings (SSSR count). The summed E-state index contributed by atoms with van der Waals surface area (Å²) in [6, 6.07) is 2.72. The van der Waals surface area contributed by atoms with Gasteiger partial charge in [-0.1, -0.05) is 0 Å². The van der Waals surface area contributed by atoms with Gasteiger partial charge in [0.25, 0.3) is 0 Å². The Hall–Kier alpha value is -0.710. The number of hydrogen-bond acceptors (Lipinski definition) is 4. The standard InChI is InChI=1S/C14H20N2S2/c1-9-7-14(11(3)18-9)10(2)15-6-5-13-8-17-12(4)16-13/h7-8,10,15H,5-6H2,1-4H3. The lowest BCUT2D eigenvalue weighted by Gasteiger charge is -2.13. The zero-order valence-corrected chi connectivity index (χ0v) is 13.0. The third kappa shape index (κ3) is 3.40. The minimum Gasteiger partial charge on any atom is -0.310 e. The molecule has 0 fully saturated rings. The van der Waals surface area contributed by atoms with Crippen LogP contribution in [0, 0.1) is 20.8 Å². The van der Waals surface area contributed by atoms with Crippen LogP contribution in [-0.2, 0) is 6.42 Å². The molecule has 0 saturated heterocycles. The van der Waals surface area contributed by atoms with Crippen molar-refractivity contribution < 1.29 is 0 Å². The highest BCUT2D eigenvalue weighted by Crippen LogP contribution is 2.25. The van der Waals surface area contributed by atoms with Gasteiger partial charge in [-0.15, -0.1) is 22.7 Å².